The Labute approximate surface area is 121 Å². The fraction of sp³-hybridized carbons (Fsp3) is 0.133. The van der Waals surface area contributed by atoms with Crippen LogP contribution in [-0.2, 0) is 6.54 Å². The molecule has 0 saturated heterocycles. The van der Waals surface area contributed by atoms with E-state index in [0.717, 1.165) is 17.0 Å². The standard InChI is InChI=1S/C15H11ClN4/c1-10-4-2-3-5-12(10)14-19-13-8-11(16)9-18-15(13)20(14)7-6-17/h2-5,8-9H,7H2,1H3. The summed E-state index contributed by atoms with van der Waals surface area (Å²) in [5.41, 5.74) is 3.48. The van der Waals surface area contributed by atoms with Gasteiger partial charge in [-0.2, -0.15) is 5.26 Å². The van der Waals surface area contributed by atoms with Crippen LogP contribution in [0.4, 0.5) is 0 Å². The molecular formula is C15H11ClN4. The second kappa shape index (κ2) is 4.95. The second-order valence-electron chi connectivity index (χ2n) is 4.49. The Morgan fingerprint density at radius 2 is 2.15 bits per heavy atom. The van der Waals surface area contributed by atoms with Crippen LogP contribution in [0.25, 0.3) is 22.6 Å². The molecule has 3 aromatic rings. The molecule has 0 spiro atoms. The van der Waals surface area contributed by atoms with Crippen molar-refractivity contribution in [1.29, 1.82) is 5.26 Å². The lowest BCUT2D eigenvalue weighted by Gasteiger charge is -2.06. The predicted molar refractivity (Wildman–Crippen MR) is 78.3 cm³/mol. The molecule has 0 amide bonds. The van der Waals surface area contributed by atoms with E-state index in [1.165, 1.54) is 0 Å². The van der Waals surface area contributed by atoms with Crippen LogP contribution in [0.1, 0.15) is 5.56 Å². The van der Waals surface area contributed by atoms with Crippen LogP contribution in [0.2, 0.25) is 5.02 Å². The number of imidazole rings is 1. The van der Waals surface area contributed by atoms with Crippen molar-refractivity contribution in [2.75, 3.05) is 0 Å². The van der Waals surface area contributed by atoms with E-state index in [2.05, 4.69) is 16.0 Å². The summed E-state index contributed by atoms with van der Waals surface area (Å²) in [4.78, 5) is 8.88. The number of aromatic nitrogens is 3. The van der Waals surface area contributed by atoms with E-state index in [1.807, 2.05) is 35.8 Å². The molecule has 98 valence electrons. The first-order chi connectivity index (χ1) is 9.70. The number of aryl methyl sites for hydroxylation is 1. The number of benzene rings is 1. The van der Waals surface area contributed by atoms with Gasteiger partial charge in [0.15, 0.2) is 5.65 Å². The van der Waals surface area contributed by atoms with Crippen molar-refractivity contribution in [3.63, 3.8) is 0 Å². The first-order valence-electron chi connectivity index (χ1n) is 6.15. The summed E-state index contributed by atoms with van der Waals surface area (Å²) in [5, 5.41) is 9.58. The maximum Gasteiger partial charge on any atom is 0.161 e. The van der Waals surface area contributed by atoms with Crippen LogP contribution >= 0.6 is 11.6 Å². The molecule has 5 heteroatoms. The Morgan fingerprint density at radius 3 is 2.90 bits per heavy atom. The van der Waals surface area contributed by atoms with Crippen molar-refractivity contribution in [1.82, 2.24) is 14.5 Å². The van der Waals surface area contributed by atoms with Gasteiger partial charge in [-0.05, 0) is 18.6 Å². The number of hydrogen-bond acceptors (Lipinski definition) is 3. The third-order valence-corrected chi connectivity index (χ3v) is 3.37. The van der Waals surface area contributed by atoms with Gasteiger partial charge in [0.1, 0.15) is 17.9 Å². The van der Waals surface area contributed by atoms with Crippen molar-refractivity contribution in [2.45, 2.75) is 13.5 Å². The molecule has 0 unspecified atom stereocenters. The first-order valence-corrected chi connectivity index (χ1v) is 6.53. The third kappa shape index (κ3) is 2.02. The number of halogens is 1. The van der Waals surface area contributed by atoms with E-state index in [9.17, 15) is 0 Å². The molecule has 0 aliphatic carbocycles. The Balaban J connectivity index is 2.32. The highest BCUT2D eigenvalue weighted by Gasteiger charge is 2.15. The second-order valence-corrected chi connectivity index (χ2v) is 4.93. The van der Waals surface area contributed by atoms with Gasteiger partial charge >= 0.3 is 0 Å². The predicted octanol–water partition coefficient (Wildman–Crippen LogP) is 3.58. The fourth-order valence-corrected chi connectivity index (χ4v) is 2.39. The zero-order valence-electron chi connectivity index (χ0n) is 10.8. The average Bonchev–Trinajstić information content (AvgIpc) is 2.77. The largest absolute Gasteiger partial charge is 0.295 e. The lowest BCUT2D eigenvalue weighted by Crippen LogP contribution is -2.00. The Bertz CT molecular complexity index is 829. The van der Waals surface area contributed by atoms with Gasteiger partial charge in [-0.3, -0.25) is 4.57 Å². The van der Waals surface area contributed by atoms with Gasteiger partial charge in [-0.25, -0.2) is 9.97 Å². The van der Waals surface area contributed by atoms with E-state index >= 15 is 0 Å². The quantitative estimate of drug-likeness (QED) is 0.722. The van der Waals surface area contributed by atoms with Gasteiger partial charge in [0.25, 0.3) is 0 Å². The first kappa shape index (κ1) is 12.6. The smallest absolute Gasteiger partial charge is 0.161 e. The maximum absolute atomic E-state index is 9.04. The Hall–Kier alpha value is -2.38. The molecule has 0 aliphatic heterocycles. The van der Waals surface area contributed by atoms with Crippen LogP contribution in [0, 0.1) is 18.3 Å². The van der Waals surface area contributed by atoms with E-state index in [1.54, 1.807) is 12.3 Å². The molecule has 0 bridgehead atoms. The van der Waals surface area contributed by atoms with Gasteiger partial charge in [0.2, 0.25) is 0 Å². The minimum Gasteiger partial charge on any atom is -0.295 e. The monoisotopic (exact) mass is 282 g/mol. The van der Waals surface area contributed by atoms with E-state index < -0.39 is 0 Å². The lowest BCUT2D eigenvalue weighted by molar-refractivity contribution is 0.857. The highest BCUT2D eigenvalue weighted by atomic mass is 35.5. The van der Waals surface area contributed by atoms with Gasteiger partial charge in [-0.1, -0.05) is 35.9 Å². The summed E-state index contributed by atoms with van der Waals surface area (Å²) in [6, 6.07) is 11.9. The van der Waals surface area contributed by atoms with Gasteiger partial charge in [-0.15, -0.1) is 0 Å². The minimum absolute atomic E-state index is 0.203. The number of fused-ring (bicyclic) bond motifs is 1. The van der Waals surface area contributed by atoms with Crippen molar-refractivity contribution in [3.8, 4) is 17.5 Å². The number of hydrogen-bond donors (Lipinski definition) is 0. The number of rotatable bonds is 2. The molecule has 0 atom stereocenters. The van der Waals surface area contributed by atoms with Crippen molar-refractivity contribution >= 4 is 22.8 Å². The minimum atomic E-state index is 0.203. The molecule has 0 aliphatic rings. The van der Waals surface area contributed by atoms with E-state index in [-0.39, 0.29) is 6.54 Å². The number of nitrogens with zero attached hydrogens (tertiary/aromatic N) is 4. The molecule has 0 saturated carbocycles. The Kier molecular flexibility index (Phi) is 3.13. The van der Waals surface area contributed by atoms with Crippen LogP contribution in [0.3, 0.4) is 0 Å². The molecule has 3 rings (SSSR count). The van der Waals surface area contributed by atoms with Crippen LogP contribution < -0.4 is 0 Å². The normalized spacial score (nSPS) is 10.7. The number of pyridine rings is 1. The third-order valence-electron chi connectivity index (χ3n) is 3.17. The van der Waals surface area contributed by atoms with E-state index in [4.69, 9.17) is 16.9 Å². The molecule has 4 nitrogen and oxygen atoms in total. The molecule has 0 radical (unpaired) electrons. The molecule has 0 N–H and O–H groups in total. The summed E-state index contributed by atoms with van der Waals surface area (Å²) >= 11 is 5.96. The maximum atomic E-state index is 9.04. The number of nitriles is 1. The fourth-order valence-electron chi connectivity index (χ4n) is 2.24. The zero-order chi connectivity index (χ0) is 14.1. The molecule has 0 fully saturated rings. The summed E-state index contributed by atoms with van der Waals surface area (Å²) in [5.74, 6) is 0.745. The molecule has 20 heavy (non-hydrogen) atoms. The molecular weight excluding hydrogens is 272 g/mol. The van der Waals surface area contributed by atoms with Gasteiger partial charge in [0.05, 0.1) is 11.1 Å². The lowest BCUT2D eigenvalue weighted by atomic mass is 10.1. The van der Waals surface area contributed by atoms with Crippen molar-refractivity contribution in [3.05, 3.63) is 47.1 Å². The summed E-state index contributed by atoms with van der Waals surface area (Å²) < 4.78 is 1.81. The highest BCUT2D eigenvalue weighted by molar-refractivity contribution is 6.31. The van der Waals surface area contributed by atoms with Crippen LogP contribution in [0.15, 0.2) is 36.5 Å². The molecule has 2 heterocycles. The average molecular weight is 283 g/mol. The molecule has 1 aromatic carbocycles. The molecule has 2 aromatic heterocycles. The van der Waals surface area contributed by atoms with Crippen molar-refractivity contribution in [2.24, 2.45) is 0 Å². The van der Waals surface area contributed by atoms with Crippen molar-refractivity contribution < 1.29 is 0 Å². The SMILES string of the molecule is Cc1ccccc1-c1nc2cc(Cl)cnc2n1CC#N. The highest BCUT2D eigenvalue weighted by Crippen LogP contribution is 2.27. The summed E-state index contributed by atoms with van der Waals surface area (Å²) in [6.07, 6.45) is 1.57. The zero-order valence-corrected chi connectivity index (χ0v) is 11.6. The topological polar surface area (TPSA) is 54.5 Å². The van der Waals surface area contributed by atoms with Crippen LogP contribution in [-0.4, -0.2) is 14.5 Å². The van der Waals surface area contributed by atoms with Gasteiger partial charge < -0.3 is 0 Å². The Morgan fingerprint density at radius 1 is 1.35 bits per heavy atom. The summed E-state index contributed by atoms with van der Waals surface area (Å²) in [7, 11) is 0. The van der Waals surface area contributed by atoms with E-state index in [0.29, 0.717) is 16.2 Å². The summed E-state index contributed by atoms with van der Waals surface area (Å²) in [6.45, 7) is 2.22. The van der Waals surface area contributed by atoms with Gasteiger partial charge in [0, 0.05) is 11.8 Å². The van der Waals surface area contributed by atoms with Crippen LogP contribution in [0.5, 0.6) is 0 Å².